The molecule has 6 atom stereocenters. The van der Waals surface area contributed by atoms with Crippen LogP contribution in [0.25, 0.3) is 0 Å². The van der Waals surface area contributed by atoms with E-state index in [-0.39, 0.29) is 51.2 Å². The van der Waals surface area contributed by atoms with Crippen LogP contribution in [0.4, 0.5) is 0 Å². The van der Waals surface area contributed by atoms with Crippen molar-refractivity contribution in [1.82, 2.24) is 0 Å². The van der Waals surface area contributed by atoms with Crippen molar-refractivity contribution in [3.63, 3.8) is 0 Å². The number of carbonyl (C=O) groups is 2. The van der Waals surface area contributed by atoms with Crippen molar-refractivity contribution >= 4 is 11.6 Å². The maximum absolute atomic E-state index is 12.2. The van der Waals surface area contributed by atoms with E-state index in [1.54, 1.807) is 0 Å². The van der Waals surface area contributed by atoms with Gasteiger partial charge < -0.3 is 38.6 Å². The molecule has 0 aliphatic carbocycles. The quantitative estimate of drug-likeness (QED) is 0.221. The largest absolute Gasteiger partial charge is 0.394 e. The van der Waals surface area contributed by atoms with Gasteiger partial charge in [0, 0.05) is 38.5 Å². The molecule has 10 heteroatoms. The number of aliphatic hydroxyl groups excluding tert-OH is 2. The highest BCUT2D eigenvalue weighted by Crippen LogP contribution is 2.36. The van der Waals surface area contributed by atoms with E-state index in [0.717, 1.165) is 25.7 Å². The minimum absolute atomic E-state index is 0.0481. The highest BCUT2D eigenvalue weighted by Gasteiger charge is 2.49. The first-order valence-corrected chi connectivity index (χ1v) is 14.3. The molecule has 10 nitrogen and oxygen atoms in total. The van der Waals surface area contributed by atoms with E-state index in [1.807, 2.05) is 13.8 Å². The second-order valence-corrected chi connectivity index (χ2v) is 10.6. The summed E-state index contributed by atoms with van der Waals surface area (Å²) in [6.45, 7) is 7.87. The molecule has 38 heavy (non-hydrogen) atoms. The molecule has 2 fully saturated rings. The van der Waals surface area contributed by atoms with E-state index in [1.165, 1.54) is 0 Å². The molecule has 0 aromatic carbocycles. The van der Waals surface area contributed by atoms with Gasteiger partial charge in [0.2, 0.25) is 0 Å². The number of ether oxygens (including phenoxy) is 6. The van der Waals surface area contributed by atoms with Gasteiger partial charge in [-0.25, -0.2) is 0 Å². The number of rotatable bonds is 21. The zero-order chi connectivity index (χ0) is 28.0. The minimum Gasteiger partial charge on any atom is -0.394 e. The third-order valence-electron chi connectivity index (χ3n) is 7.10. The van der Waals surface area contributed by atoms with Crippen LogP contribution in [0.3, 0.4) is 0 Å². The van der Waals surface area contributed by atoms with Crippen LogP contribution in [0.1, 0.15) is 91.9 Å². The van der Waals surface area contributed by atoms with Gasteiger partial charge >= 0.3 is 0 Å². The Labute approximate surface area is 227 Å². The van der Waals surface area contributed by atoms with Gasteiger partial charge in [-0.3, -0.25) is 9.59 Å². The van der Waals surface area contributed by atoms with Gasteiger partial charge in [0.25, 0.3) is 0 Å². The summed E-state index contributed by atoms with van der Waals surface area (Å²) in [6, 6.07) is 0. The predicted molar refractivity (Wildman–Crippen MR) is 140 cm³/mol. The second-order valence-electron chi connectivity index (χ2n) is 10.6. The summed E-state index contributed by atoms with van der Waals surface area (Å²) < 4.78 is 36.6. The molecule has 2 heterocycles. The molecule has 2 saturated heterocycles. The molecular weight excluding hydrogens is 496 g/mol. The average molecular weight is 547 g/mol. The van der Waals surface area contributed by atoms with Crippen LogP contribution in [0.5, 0.6) is 0 Å². The van der Waals surface area contributed by atoms with E-state index in [2.05, 4.69) is 13.8 Å². The Morgan fingerprint density at radius 3 is 1.50 bits per heavy atom. The number of hydrogen-bond donors (Lipinski definition) is 2. The van der Waals surface area contributed by atoms with Gasteiger partial charge in [-0.15, -0.1) is 0 Å². The maximum atomic E-state index is 12.2. The van der Waals surface area contributed by atoms with Crippen molar-refractivity contribution in [2.75, 3.05) is 39.6 Å². The van der Waals surface area contributed by atoms with Crippen molar-refractivity contribution in [3.8, 4) is 0 Å². The molecule has 0 aromatic heterocycles. The van der Waals surface area contributed by atoms with Crippen molar-refractivity contribution in [2.45, 2.75) is 128 Å². The summed E-state index contributed by atoms with van der Waals surface area (Å²) in [4.78, 5) is 24.4. The van der Waals surface area contributed by atoms with Gasteiger partial charge in [0.05, 0.1) is 39.6 Å². The number of ketones is 2. The smallest absolute Gasteiger partial charge is 0.166 e. The minimum atomic E-state index is -0.949. The Morgan fingerprint density at radius 2 is 1.16 bits per heavy atom. The fraction of sp³-hybridized carbons (Fsp3) is 0.929. The SMILES string of the molecule is CCCCC(=O)CCC1(C)OCC(C(OCCO)C(OCCO)C2COC(C)(CCC(=O)CCCC)O2)O1. The van der Waals surface area contributed by atoms with E-state index in [0.29, 0.717) is 38.5 Å². The van der Waals surface area contributed by atoms with Crippen molar-refractivity contribution in [3.05, 3.63) is 0 Å². The monoisotopic (exact) mass is 546 g/mol. The molecule has 0 saturated carbocycles. The first-order valence-electron chi connectivity index (χ1n) is 14.3. The van der Waals surface area contributed by atoms with Gasteiger partial charge in [-0.2, -0.15) is 0 Å². The number of carbonyl (C=O) groups excluding carboxylic acids is 2. The molecule has 0 amide bonds. The highest BCUT2D eigenvalue weighted by atomic mass is 16.8. The molecule has 6 unspecified atom stereocenters. The van der Waals surface area contributed by atoms with E-state index >= 15 is 0 Å². The Kier molecular flexibility index (Phi) is 14.8. The zero-order valence-corrected chi connectivity index (χ0v) is 23.8. The molecule has 0 bridgehead atoms. The lowest BCUT2D eigenvalue weighted by molar-refractivity contribution is -0.215. The molecule has 2 N–H and O–H groups in total. The zero-order valence-electron chi connectivity index (χ0n) is 23.8. The Hall–Kier alpha value is -0.980. The van der Waals surface area contributed by atoms with E-state index in [4.69, 9.17) is 28.4 Å². The first kappa shape index (κ1) is 33.2. The van der Waals surface area contributed by atoms with Crippen LogP contribution in [-0.2, 0) is 38.0 Å². The van der Waals surface area contributed by atoms with Gasteiger partial charge in [0.1, 0.15) is 36.0 Å². The molecule has 2 aliphatic rings. The summed E-state index contributed by atoms with van der Waals surface area (Å²) >= 11 is 0. The van der Waals surface area contributed by atoms with E-state index in [9.17, 15) is 19.8 Å². The summed E-state index contributed by atoms with van der Waals surface area (Å²) in [5, 5.41) is 18.9. The normalized spacial score (nSPS) is 29.0. The fourth-order valence-corrected chi connectivity index (χ4v) is 4.82. The van der Waals surface area contributed by atoms with Gasteiger partial charge in [-0.1, -0.05) is 26.7 Å². The lowest BCUT2D eigenvalue weighted by atomic mass is 10.0. The van der Waals surface area contributed by atoms with Crippen LogP contribution in [0, 0.1) is 0 Å². The predicted octanol–water partition coefficient (Wildman–Crippen LogP) is 3.08. The molecule has 0 aromatic rings. The van der Waals surface area contributed by atoms with Crippen LogP contribution in [0.15, 0.2) is 0 Å². The number of unbranched alkanes of at least 4 members (excludes halogenated alkanes) is 2. The van der Waals surface area contributed by atoms with Crippen molar-refractivity contribution < 1.29 is 48.2 Å². The third kappa shape index (κ3) is 10.9. The van der Waals surface area contributed by atoms with Crippen molar-refractivity contribution in [2.24, 2.45) is 0 Å². The lowest BCUT2D eigenvalue weighted by Crippen LogP contribution is -2.51. The second kappa shape index (κ2) is 17.0. The summed E-state index contributed by atoms with van der Waals surface area (Å²) in [6.07, 6.45) is 3.90. The molecule has 2 rings (SSSR count). The number of hydrogen-bond acceptors (Lipinski definition) is 10. The van der Waals surface area contributed by atoms with Gasteiger partial charge in [-0.05, 0) is 26.7 Å². The van der Waals surface area contributed by atoms with Gasteiger partial charge in [0.15, 0.2) is 11.6 Å². The average Bonchev–Trinajstić information content (AvgIpc) is 3.49. The molecule has 2 aliphatic heterocycles. The molecule has 222 valence electrons. The maximum Gasteiger partial charge on any atom is 0.166 e. The highest BCUT2D eigenvalue weighted by molar-refractivity contribution is 5.78. The molecular formula is C28H50O10. The molecule has 0 radical (unpaired) electrons. The van der Waals surface area contributed by atoms with Crippen molar-refractivity contribution in [1.29, 1.82) is 0 Å². The topological polar surface area (TPSA) is 130 Å². The third-order valence-corrected chi connectivity index (χ3v) is 7.10. The summed E-state index contributed by atoms with van der Waals surface area (Å²) in [5.74, 6) is -1.53. The van der Waals surface area contributed by atoms with Crippen LogP contribution in [0.2, 0.25) is 0 Å². The Bertz CT molecular complexity index is 645. The first-order chi connectivity index (χ1) is 18.2. The summed E-state index contributed by atoms with van der Waals surface area (Å²) in [5.41, 5.74) is 0. The van der Waals surface area contributed by atoms with Crippen LogP contribution >= 0.6 is 0 Å². The molecule has 0 spiro atoms. The Balaban J connectivity index is 2.07. The van der Waals surface area contributed by atoms with E-state index < -0.39 is 36.0 Å². The Morgan fingerprint density at radius 1 is 0.763 bits per heavy atom. The number of aliphatic hydroxyl groups is 2. The standard InChI is InChI=1S/C28H50O10/c1-5-7-9-21(31)11-13-27(3)35-19-23(37-27)25(33-17-15-29)26(34-18-16-30)24-20-36-28(4,38-24)14-12-22(32)10-8-6-2/h23-26,29-30H,5-20H2,1-4H3. The summed E-state index contributed by atoms with van der Waals surface area (Å²) in [7, 11) is 0. The van der Waals surface area contributed by atoms with Crippen LogP contribution in [-0.4, -0.2) is 97.4 Å². The number of Topliss-reactive ketones (excluding diaryl/α,β-unsaturated/α-hetero) is 2. The fourth-order valence-electron chi connectivity index (χ4n) is 4.82. The lowest BCUT2D eigenvalue weighted by Gasteiger charge is -2.35. The van der Waals surface area contributed by atoms with Crippen LogP contribution < -0.4 is 0 Å².